The van der Waals surface area contributed by atoms with Crippen LogP contribution in [0.3, 0.4) is 0 Å². The molecule has 0 saturated carbocycles. The minimum atomic E-state index is 0.266. The maximum absolute atomic E-state index is 12.0. The first-order chi connectivity index (χ1) is 7.65. The summed E-state index contributed by atoms with van der Waals surface area (Å²) in [5.41, 5.74) is 0. The Morgan fingerprint density at radius 3 is 3.12 bits per heavy atom. The van der Waals surface area contributed by atoms with Gasteiger partial charge in [-0.15, -0.1) is 11.3 Å². The van der Waals surface area contributed by atoms with Gasteiger partial charge in [0.25, 0.3) is 0 Å². The van der Waals surface area contributed by atoms with Crippen LogP contribution in [0.2, 0.25) is 0 Å². The standard InChI is InChI=1S/C12H16BrNOS/c1-8-2-3-14-10(4-8)6-11(15)12-5-9(13)7-16-12/h5,7-8,10,14H,2-4,6H2,1H3. The molecule has 1 aliphatic rings. The van der Waals surface area contributed by atoms with Crippen molar-refractivity contribution in [1.82, 2.24) is 5.32 Å². The van der Waals surface area contributed by atoms with E-state index in [-0.39, 0.29) is 5.78 Å². The molecule has 4 heteroatoms. The summed E-state index contributed by atoms with van der Waals surface area (Å²) in [7, 11) is 0. The predicted molar refractivity (Wildman–Crippen MR) is 71.2 cm³/mol. The van der Waals surface area contributed by atoms with Crippen molar-refractivity contribution in [1.29, 1.82) is 0 Å². The molecule has 2 heterocycles. The van der Waals surface area contributed by atoms with E-state index in [0.29, 0.717) is 12.5 Å². The van der Waals surface area contributed by atoms with Crippen LogP contribution in [0.25, 0.3) is 0 Å². The van der Waals surface area contributed by atoms with E-state index in [2.05, 4.69) is 28.2 Å². The van der Waals surface area contributed by atoms with E-state index in [1.54, 1.807) is 0 Å². The largest absolute Gasteiger partial charge is 0.314 e. The maximum Gasteiger partial charge on any atom is 0.174 e. The third-order valence-corrected chi connectivity index (χ3v) is 4.76. The third-order valence-electron chi connectivity index (χ3n) is 3.03. The van der Waals surface area contributed by atoms with E-state index in [1.807, 2.05) is 11.4 Å². The van der Waals surface area contributed by atoms with Crippen LogP contribution in [0.15, 0.2) is 15.9 Å². The molecule has 1 N–H and O–H groups in total. The highest BCUT2D eigenvalue weighted by atomic mass is 79.9. The molecule has 2 rings (SSSR count). The van der Waals surface area contributed by atoms with Crippen LogP contribution < -0.4 is 5.32 Å². The van der Waals surface area contributed by atoms with Gasteiger partial charge in [-0.3, -0.25) is 4.79 Å². The number of piperidine rings is 1. The topological polar surface area (TPSA) is 29.1 Å². The number of halogens is 1. The van der Waals surface area contributed by atoms with Gasteiger partial charge in [0, 0.05) is 22.3 Å². The number of nitrogens with one attached hydrogen (secondary N) is 1. The lowest BCUT2D eigenvalue weighted by molar-refractivity contribution is 0.0963. The summed E-state index contributed by atoms with van der Waals surface area (Å²) in [6.45, 7) is 3.31. The van der Waals surface area contributed by atoms with Gasteiger partial charge in [-0.05, 0) is 47.3 Å². The molecule has 1 aromatic rings. The number of hydrogen-bond acceptors (Lipinski definition) is 3. The summed E-state index contributed by atoms with van der Waals surface area (Å²) in [4.78, 5) is 12.8. The molecule has 0 spiro atoms. The Labute approximate surface area is 109 Å². The van der Waals surface area contributed by atoms with Gasteiger partial charge >= 0.3 is 0 Å². The fraction of sp³-hybridized carbons (Fsp3) is 0.583. The highest BCUT2D eigenvalue weighted by Crippen LogP contribution is 2.23. The molecule has 1 saturated heterocycles. The van der Waals surface area contributed by atoms with Crippen LogP contribution in [-0.4, -0.2) is 18.4 Å². The molecule has 16 heavy (non-hydrogen) atoms. The SMILES string of the molecule is CC1CCNC(CC(=O)c2cc(Br)cs2)C1. The van der Waals surface area contributed by atoms with Gasteiger partial charge in [0.2, 0.25) is 0 Å². The number of carbonyl (C=O) groups excluding carboxylic acids is 1. The minimum absolute atomic E-state index is 0.266. The second kappa shape index (κ2) is 5.43. The Kier molecular flexibility index (Phi) is 4.16. The molecule has 0 amide bonds. The number of ketones is 1. The van der Waals surface area contributed by atoms with Crippen LogP contribution >= 0.6 is 27.3 Å². The highest BCUT2D eigenvalue weighted by Gasteiger charge is 2.21. The zero-order valence-electron chi connectivity index (χ0n) is 9.33. The predicted octanol–water partition coefficient (Wildman–Crippen LogP) is 3.47. The van der Waals surface area contributed by atoms with E-state index < -0.39 is 0 Å². The first kappa shape index (κ1) is 12.3. The lowest BCUT2D eigenvalue weighted by Gasteiger charge is -2.27. The molecular weight excluding hydrogens is 286 g/mol. The molecule has 1 aliphatic heterocycles. The van der Waals surface area contributed by atoms with Gasteiger partial charge in [0.1, 0.15) is 0 Å². The van der Waals surface area contributed by atoms with Crippen molar-refractivity contribution in [2.24, 2.45) is 5.92 Å². The van der Waals surface area contributed by atoms with Crippen molar-refractivity contribution in [2.45, 2.75) is 32.2 Å². The lowest BCUT2D eigenvalue weighted by atomic mass is 9.91. The maximum atomic E-state index is 12.0. The monoisotopic (exact) mass is 301 g/mol. The Balaban J connectivity index is 1.92. The molecular formula is C12H16BrNOS. The summed E-state index contributed by atoms with van der Waals surface area (Å²) in [5, 5.41) is 5.39. The average molecular weight is 302 g/mol. The van der Waals surface area contributed by atoms with Gasteiger partial charge in [-0.1, -0.05) is 6.92 Å². The lowest BCUT2D eigenvalue weighted by Crippen LogP contribution is -2.38. The van der Waals surface area contributed by atoms with Gasteiger partial charge in [0.15, 0.2) is 5.78 Å². The molecule has 0 bridgehead atoms. The van der Waals surface area contributed by atoms with Gasteiger partial charge in [0.05, 0.1) is 4.88 Å². The van der Waals surface area contributed by atoms with Crippen LogP contribution in [0, 0.1) is 5.92 Å². The number of Topliss-reactive ketones (excluding diaryl/α,β-unsaturated/α-hetero) is 1. The normalized spacial score (nSPS) is 25.6. The van der Waals surface area contributed by atoms with E-state index in [4.69, 9.17) is 0 Å². The van der Waals surface area contributed by atoms with Gasteiger partial charge in [-0.25, -0.2) is 0 Å². The molecule has 2 nitrogen and oxygen atoms in total. The number of carbonyl (C=O) groups is 1. The molecule has 2 unspecified atom stereocenters. The van der Waals surface area contributed by atoms with E-state index in [0.717, 1.165) is 28.2 Å². The zero-order chi connectivity index (χ0) is 11.5. The highest BCUT2D eigenvalue weighted by molar-refractivity contribution is 9.10. The summed E-state index contributed by atoms with van der Waals surface area (Å²) < 4.78 is 1.01. The van der Waals surface area contributed by atoms with Gasteiger partial charge < -0.3 is 5.32 Å². The van der Waals surface area contributed by atoms with Crippen molar-refractivity contribution < 1.29 is 4.79 Å². The third kappa shape index (κ3) is 3.15. The average Bonchev–Trinajstić information content (AvgIpc) is 2.65. The number of thiophene rings is 1. The summed E-state index contributed by atoms with van der Waals surface area (Å²) in [6.07, 6.45) is 2.99. The van der Waals surface area contributed by atoms with Crippen molar-refractivity contribution in [2.75, 3.05) is 6.54 Å². The molecule has 88 valence electrons. The quantitative estimate of drug-likeness (QED) is 0.866. The van der Waals surface area contributed by atoms with E-state index >= 15 is 0 Å². The first-order valence-electron chi connectivity index (χ1n) is 5.66. The van der Waals surface area contributed by atoms with Crippen molar-refractivity contribution in [3.63, 3.8) is 0 Å². The van der Waals surface area contributed by atoms with Crippen LogP contribution in [0.4, 0.5) is 0 Å². The molecule has 0 aliphatic carbocycles. The van der Waals surface area contributed by atoms with E-state index in [9.17, 15) is 4.79 Å². The van der Waals surface area contributed by atoms with E-state index in [1.165, 1.54) is 17.8 Å². The Bertz CT molecular complexity index is 377. The fourth-order valence-corrected chi connectivity index (χ4v) is 3.54. The van der Waals surface area contributed by atoms with Crippen molar-refractivity contribution in [3.05, 3.63) is 20.8 Å². The zero-order valence-corrected chi connectivity index (χ0v) is 11.7. The molecule has 0 radical (unpaired) electrons. The number of hydrogen-bond donors (Lipinski definition) is 1. The first-order valence-corrected chi connectivity index (χ1v) is 7.33. The summed E-state index contributed by atoms with van der Waals surface area (Å²) >= 11 is 4.90. The van der Waals surface area contributed by atoms with Crippen molar-refractivity contribution in [3.8, 4) is 0 Å². The molecule has 1 aromatic heterocycles. The van der Waals surface area contributed by atoms with Gasteiger partial charge in [-0.2, -0.15) is 0 Å². The van der Waals surface area contributed by atoms with Crippen molar-refractivity contribution >= 4 is 33.0 Å². The Hall–Kier alpha value is -0.190. The Morgan fingerprint density at radius 2 is 2.50 bits per heavy atom. The Morgan fingerprint density at radius 1 is 1.69 bits per heavy atom. The number of rotatable bonds is 3. The fourth-order valence-electron chi connectivity index (χ4n) is 2.16. The molecule has 2 atom stereocenters. The second-order valence-electron chi connectivity index (χ2n) is 4.54. The summed E-state index contributed by atoms with van der Waals surface area (Å²) in [6, 6.07) is 2.29. The molecule has 1 fully saturated rings. The van der Waals surface area contributed by atoms with Crippen LogP contribution in [-0.2, 0) is 0 Å². The smallest absolute Gasteiger partial charge is 0.174 e. The van der Waals surface area contributed by atoms with Crippen LogP contribution in [0.5, 0.6) is 0 Å². The minimum Gasteiger partial charge on any atom is -0.314 e. The second-order valence-corrected chi connectivity index (χ2v) is 6.36. The molecule has 0 aromatic carbocycles. The van der Waals surface area contributed by atoms with Crippen LogP contribution in [0.1, 0.15) is 35.9 Å². The summed E-state index contributed by atoms with van der Waals surface area (Å²) in [5.74, 6) is 1.01.